The third kappa shape index (κ3) is 5.84. The first-order valence-corrected chi connectivity index (χ1v) is 11.9. The summed E-state index contributed by atoms with van der Waals surface area (Å²) in [5.41, 5.74) is 1.70. The zero-order valence-electron chi connectivity index (χ0n) is 19.8. The number of methoxy groups -OCH3 is 1. The third-order valence-electron chi connectivity index (χ3n) is 6.18. The molecule has 0 radical (unpaired) electrons. The van der Waals surface area contributed by atoms with E-state index in [1.165, 1.54) is 11.1 Å². The minimum atomic E-state index is -1.07. The molecule has 1 fully saturated rings. The summed E-state index contributed by atoms with van der Waals surface area (Å²) in [5.74, 6) is -1.94. The van der Waals surface area contributed by atoms with Crippen LogP contribution in [0.15, 0.2) is 66.9 Å². The van der Waals surface area contributed by atoms with Crippen molar-refractivity contribution in [2.75, 3.05) is 25.2 Å². The normalized spacial score (nSPS) is 14.4. The lowest BCUT2D eigenvalue weighted by Crippen LogP contribution is -2.51. The van der Waals surface area contributed by atoms with Gasteiger partial charge in [0.1, 0.15) is 6.04 Å². The lowest BCUT2D eigenvalue weighted by atomic mass is 10.0. The zero-order chi connectivity index (χ0) is 24.6. The van der Waals surface area contributed by atoms with Gasteiger partial charge in [-0.3, -0.25) is 24.3 Å². The summed E-state index contributed by atoms with van der Waals surface area (Å²) < 4.78 is 5.06. The minimum Gasteiger partial charge on any atom is -0.383 e. The van der Waals surface area contributed by atoms with Crippen LogP contribution in [0, 0.1) is 0 Å². The minimum absolute atomic E-state index is 0.0336. The summed E-state index contributed by atoms with van der Waals surface area (Å²) in [5, 5.41) is 6.48. The van der Waals surface area contributed by atoms with Crippen LogP contribution in [-0.2, 0) is 19.1 Å². The number of amides is 3. The lowest BCUT2D eigenvalue weighted by molar-refractivity contribution is -0.139. The van der Waals surface area contributed by atoms with E-state index in [0.717, 1.165) is 36.6 Å². The molecular formula is C27H30N4O4. The monoisotopic (exact) mass is 474 g/mol. The molecule has 0 spiro atoms. The number of aromatic nitrogens is 1. The van der Waals surface area contributed by atoms with Gasteiger partial charge in [0.05, 0.1) is 24.0 Å². The number of nitrogens with zero attached hydrogens (tertiary/aromatic N) is 2. The first-order valence-electron chi connectivity index (χ1n) is 11.9. The van der Waals surface area contributed by atoms with Crippen LogP contribution in [0.1, 0.15) is 37.3 Å². The first kappa shape index (κ1) is 24.3. The van der Waals surface area contributed by atoms with Crippen molar-refractivity contribution in [2.24, 2.45) is 0 Å². The number of anilines is 1. The Labute approximate surface area is 204 Å². The van der Waals surface area contributed by atoms with Gasteiger partial charge in [-0.1, -0.05) is 61.4 Å². The number of para-hydroxylation sites is 1. The molecule has 1 atom stereocenters. The van der Waals surface area contributed by atoms with Gasteiger partial charge in [-0.25, -0.2) is 0 Å². The molecule has 0 aliphatic heterocycles. The highest BCUT2D eigenvalue weighted by Gasteiger charge is 2.37. The summed E-state index contributed by atoms with van der Waals surface area (Å²) in [6.45, 7) is 0.589. The van der Waals surface area contributed by atoms with Crippen LogP contribution in [0.4, 0.5) is 5.69 Å². The van der Waals surface area contributed by atoms with Crippen molar-refractivity contribution >= 4 is 34.3 Å². The number of carbonyl (C=O) groups excluding carboxylic acids is 3. The van der Waals surface area contributed by atoms with Crippen LogP contribution < -0.4 is 15.5 Å². The van der Waals surface area contributed by atoms with E-state index in [1.807, 2.05) is 30.3 Å². The van der Waals surface area contributed by atoms with Crippen LogP contribution in [0.2, 0.25) is 0 Å². The molecule has 2 aromatic carbocycles. The molecule has 1 heterocycles. The maximum atomic E-state index is 13.7. The molecule has 2 N–H and O–H groups in total. The number of hydrogen-bond acceptors (Lipinski definition) is 5. The topological polar surface area (TPSA) is 101 Å². The Hall–Kier alpha value is -3.78. The van der Waals surface area contributed by atoms with Crippen molar-refractivity contribution < 1.29 is 19.1 Å². The molecule has 1 unspecified atom stereocenters. The molecule has 35 heavy (non-hydrogen) atoms. The molecule has 8 nitrogen and oxygen atoms in total. The second-order valence-electron chi connectivity index (χ2n) is 8.61. The molecule has 182 valence electrons. The number of fused-ring (bicyclic) bond motifs is 1. The highest BCUT2D eigenvalue weighted by molar-refractivity contribution is 6.41. The number of hydrogen-bond donors (Lipinski definition) is 2. The van der Waals surface area contributed by atoms with Gasteiger partial charge >= 0.3 is 11.8 Å². The highest BCUT2D eigenvalue weighted by atomic mass is 16.5. The maximum absolute atomic E-state index is 13.7. The van der Waals surface area contributed by atoms with E-state index in [-0.39, 0.29) is 12.6 Å². The van der Waals surface area contributed by atoms with E-state index < -0.39 is 23.8 Å². The quantitative estimate of drug-likeness (QED) is 0.386. The Morgan fingerprint density at radius 2 is 1.77 bits per heavy atom. The van der Waals surface area contributed by atoms with Crippen LogP contribution >= 0.6 is 0 Å². The Morgan fingerprint density at radius 3 is 2.51 bits per heavy atom. The molecule has 3 aromatic rings. The van der Waals surface area contributed by atoms with E-state index in [4.69, 9.17) is 4.74 Å². The Kier molecular flexibility index (Phi) is 8.05. The average molecular weight is 475 g/mol. The average Bonchev–Trinajstić information content (AvgIpc) is 3.40. The number of rotatable bonds is 8. The second-order valence-corrected chi connectivity index (χ2v) is 8.61. The number of benzene rings is 2. The third-order valence-corrected chi connectivity index (χ3v) is 6.18. The molecule has 3 amide bonds. The highest BCUT2D eigenvalue weighted by Crippen LogP contribution is 2.30. The molecule has 1 aliphatic carbocycles. The van der Waals surface area contributed by atoms with Gasteiger partial charge in [-0.2, -0.15) is 0 Å². The molecule has 0 bridgehead atoms. The Bertz CT molecular complexity index is 1180. The molecule has 8 heteroatoms. The fraction of sp³-hybridized carbons (Fsp3) is 0.333. The lowest BCUT2D eigenvalue weighted by Gasteiger charge is -2.31. The fourth-order valence-corrected chi connectivity index (χ4v) is 4.43. The molecule has 0 saturated heterocycles. The number of pyridine rings is 1. The largest absolute Gasteiger partial charge is 0.383 e. The SMILES string of the molecule is COCCNC(=O)C(c1ccccc1)N(C(=O)C(=O)NC1CCCC1)c1cnc2ccccc2c1. The van der Waals surface area contributed by atoms with Crippen molar-refractivity contribution in [3.63, 3.8) is 0 Å². The van der Waals surface area contributed by atoms with Gasteiger partial charge in [-0.05, 0) is 30.5 Å². The van der Waals surface area contributed by atoms with Crippen molar-refractivity contribution in [3.05, 3.63) is 72.4 Å². The van der Waals surface area contributed by atoms with Crippen molar-refractivity contribution in [3.8, 4) is 0 Å². The van der Waals surface area contributed by atoms with Crippen LogP contribution in [0.25, 0.3) is 10.9 Å². The zero-order valence-corrected chi connectivity index (χ0v) is 19.8. The van der Waals surface area contributed by atoms with Gasteiger partial charge in [0.15, 0.2) is 0 Å². The van der Waals surface area contributed by atoms with Crippen molar-refractivity contribution in [2.45, 2.75) is 37.8 Å². The Morgan fingerprint density at radius 1 is 1.06 bits per heavy atom. The van der Waals surface area contributed by atoms with Gasteiger partial charge in [0, 0.05) is 25.1 Å². The predicted molar refractivity (Wildman–Crippen MR) is 134 cm³/mol. The van der Waals surface area contributed by atoms with Gasteiger partial charge in [-0.15, -0.1) is 0 Å². The van der Waals surface area contributed by atoms with Gasteiger partial charge in [0.2, 0.25) is 5.91 Å². The van der Waals surface area contributed by atoms with Crippen LogP contribution in [-0.4, -0.2) is 49.0 Å². The summed E-state index contributed by atoms with van der Waals surface area (Å²) >= 11 is 0. The molecular weight excluding hydrogens is 444 g/mol. The molecule has 1 aliphatic rings. The summed E-state index contributed by atoms with van der Waals surface area (Å²) in [6, 6.07) is 17.1. The standard InChI is InChI=1S/C27H30N4O4/c1-35-16-15-28-25(32)24(19-9-3-2-4-10-19)31(27(34)26(33)30-21-12-6-7-13-21)22-17-20-11-5-8-14-23(20)29-18-22/h2-5,8-11,14,17-18,21,24H,6-7,12-13,15-16H2,1H3,(H,28,32)(H,30,33). The second kappa shape index (κ2) is 11.6. The number of nitrogens with one attached hydrogen (secondary N) is 2. The smallest absolute Gasteiger partial charge is 0.317 e. The fourth-order valence-electron chi connectivity index (χ4n) is 4.43. The van der Waals surface area contributed by atoms with E-state index in [1.54, 1.807) is 37.4 Å². The Balaban J connectivity index is 1.76. The summed E-state index contributed by atoms with van der Waals surface area (Å²) in [7, 11) is 1.55. The van der Waals surface area contributed by atoms with Gasteiger partial charge in [0.25, 0.3) is 0 Å². The van der Waals surface area contributed by atoms with Crippen LogP contribution in [0.3, 0.4) is 0 Å². The number of ether oxygens (including phenoxy) is 1. The van der Waals surface area contributed by atoms with Gasteiger partial charge < -0.3 is 15.4 Å². The van der Waals surface area contributed by atoms with Crippen molar-refractivity contribution in [1.82, 2.24) is 15.6 Å². The molecule has 4 rings (SSSR count). The summed E-state index contributed by atoms with van der Waals surface area (Å²) in [4.78, 5) is 46.0. The van der Waals surface area contributed by atoms with Crippen LogP contribution in [0.5, 0.6) is 0 Å². The summed E-state index contributed by atoms with van der Waals surface area (Å²) in [6.07, 6.45) is 5.26. The van der Waals surface area contributed by atoms with E-state index in [9.17, 15) is 14.4 Å². The number of carbonyl (C=O) groups is 3. The maximum Gasteiger partial charge on any atom is 0.317 e. The van der Waals surface area contributed by atoms with E-state index >= 15 is 0 Å². The molecule has 1 saturated carbocycles. The van der Waals surface area contributed by atoms with E-state index in [2.05, 4.69) is 15.6 Å². The van der Waals surface area contributed by atoms with Crippen molar-refractivity contribution in [1.29, 1.82) is 0 Å². The van der Waals surface area contributed by atoms with E-state index in [0.29, 0.717) is 17.9 Å². The predicted octanol–water partition coefficient (Wildman–Crippen LogP) is 3.13. The first-order chi connectivity index (χ1) is 17.1. The molecule has 1 aromatic heterocycles.